The fraction of sp³-hybridized carbons (Fsp3) is 0.632. The number of fused-ring (bicyclic) bond motifs is 3. The second-order valence-corrected chi connectivity index (χ2v) is 10.2. The molecule has 0 aliphatic heterocycles. The third kappa shape index (κ3) is 2.91. The maximum atomic E-state index is 12.8. The van der Waals surface area contributed by atoms with Crippen molar-refractivity contribution >= 4 is 26.8 Å². The van der Waals surface area contributed by atoms with Crippen molar-refractivity contribution in [2.75, 3.05) is 0 Å². The second-order valence-electron chi connectivity index (χ2n) is 8.23. The van der Waals surface area contributed by atoms with Crippen LogP contribution >= 0.6 is 0 Å². The zero-order valence-electron chi connectivity index (χ0n) is 16.0. The van der Waals surface area contributed by atoms with Gasteiger partial charge in [0.25, 0.3) is 0 Å². The maximum absolute atomic E-state index is 12.8. The van der Waals surface area contributed by atoms with Crippen molar-refractivity contribution in [2.45, 2.75) is 69.1 Å². The molecule has 3 heterocycles. The Kier molecular flexibility index (Phi) is 4.39. The number of H-pyrrole nitrogens is 1. The standard InChI is InChI=1S/C19H26N6O2S/c1-2-12-9-13(24-28(26,27)14-5-3-4-6-14)10-15(12)19-23-22-17-11-21-18-16(25(17)19)7-8-20-18/h7-8,11-15,20,24H,2-6,9-10H2,1H3/t12?,13-,15-/m1/s1. The predicted molar refractivity (Wildman–Crippen MR) is 106 cm³/mol. The molecule has 8 nitrogen and oxygen atoms in total. The summed E-state index contributed by atoms with van der Waals surface area (Å²) >= 11 is 0. The number of nitrogens with one attached hydrogen (secondary N) is 2. The van der Waals surface area contributed by atoms with Crippen LogP contribution in [-0.2, 0) is 10.0 Å². The van der Waals surface area contributed by atoms with E-state index in [0.717, 1.165) is 67.6 Å². The highest BCUT2D eigenvalue weighted by Crippen LogP contribution is 2.42. The van der Waals surface area contributed by atoms with Gasteiger partial charge in [0, 0.05) is 18.2 Å². The highest BCUT2D eigenvalue weighted by Gasteiger charge is 2.40. The lowest BCUT2D eigenvalue weighted by Gasteiger charge is -2.17. The molecule has 3 aromatic heterocycles. The molecule has 0 amide bonds. The van der Waals surface area contributed by atoms with E-state index in [1.54, 1.807) is 6.20 Å². The van der Waals surface area contributed by atoms with Crippen molar-refractivity contribution in [1.82, 2.24) is 29.3 Å². The number of sulfonamides is 1. The summed E-state index contributed by atoms with van der Waals surface area (Å²) in [5.41, 5.74) is 2.49. The second kappa shape index (κ2) is 6.81. The van der Waals surface area contributed by atoms with Crippen LogP contribution in [0.3, 0.4) is 0 Å². The Bertz CT molecular complexity index is 1100. The van der Waals surface area contributed by atoms with Gasteiger partial charge in [-0.3, -0.25) is 4.40 Å². The van der Waals surface area contributed by atoms with Crippen LogP contribution in [0.4, 0.5) is 0 Å². The van der Waals surface area contributed by atoms with E-state index in [4.69, 9.17) is 0 Å². The summed E-state index contributed by atoms with van der Waals surface area (Å²) in [6, 6.07) is 1.95. The van der Waals surface area contributed by atoms with Gasteiger partial charge >= 0.3 is 0 Å². The first-order valence-corrected chi connectivity index (χ1v) is 11.8. The first-order chi connectivity index (χ1) is 13.6. The summed E-state index contributed by atoms with van der Waals surface area (Å²) < 4.78 is 30.6. The zero-order chi connectivity index (χ0) is 19.3. The molecular formula is C19H26N6O2S. The number of hydrogen-bond donors (Lipinski definition) is 2. The molecule has 0 bridgehead atoms. The predicted octanol–water partition coefficient (Wildman–Crippen LogP) is 2.74. The average Bonchev–Trinajstić information content (AvgIpc) is 3.44. The topological polar surface area (TPSA) is 105 Å². The summed E-state index contributed by atoms with van der Waals surface area (Å²) in [5.74, 6) is 1.47. The summed E-state index contributed by atoms with van der Waals surface area (Å²) in [6.07, 6.45) is 9.81. The highest BCUT2D eigenvalue weighted by atomic mass is 32.2. The molecule has 0 spiro atoms. The van der Waals surface area contributed by atoms with Crippen LogP contribution in [-0.4, -0.2) is 44.3 Å². The molecule has 2 aliphatic carbocycles. The van der Waals surface area contributed by atoms with Crippen molar-refractivity contribution in [3.63, 3.8) is 0 Å². The molecule has 5 rings (SSSR count). The van der Waals surface area contributed by atoms with Crippen molar-refractivity contribution in [1.29, 1.82) is 0 Å². The zero-order valence-corrected chi connectivity index (χ0v) is 16.8. The van der Waals surface area contributed by atoms with Crippen molar-refractivity contribution in [3.05, 3.63) is 24.3 Å². The van der Waals surface area contributed by atoms with E-state index in [2.05, 4.69) is 36.2 Å². The molecule has 0 saturated heterocycles. The molecule has 0 radical (unpaired) electrons. The van der Waals surface area contributed by atoms with E-state index in [1.165, 1.54) is 0 Å². The molecule has 2 aliphatic rings. The van der Waals surface area contributed by atoms with Gasteiger partial charge < -0.3 is 4.98 Å². The van der Waals surface area contributed by atoms with Crippen LogP contribution in [0, 0.1) is 5.92 Å². The van der Waals surface area contributed by atoms with Gasteiger partial charge in [-0.25, -0.2) is 18.1 Å². The summed E-state index contributed by atoms with van der Waals surface area (Å²) in [7, 11) is -3.24. The van der Waals surface area contributed by atoms with Gasteiger partial charge in [-0.2, -0.15) is 0 Å². The van der Waals surface area contributed by atoms with Crippen molar-refractivity contribution in [3.8, 4) is 0 Å². The van der Waals surface area contributed by atoms with Crippen molar-refractivity contribution < 1.29 is 8.42 Å². The molecule has 3 aromatic rings. The molecule has 1 unspecified atom stereocenters. The SMILES string of the molecule is CCC1C[C@@H](NS(=O)(=O)C2CCCC2)C[C@H]1c1nnc2cnc3[nH]ccc3n12. The van der Waals surface area contributed by atoms with Crippen LogP contribution in [0.5, 0.6) is 0 Å². The normalized spacial score (nSPS) is 26.7. The van der Waals surface area contributed by atoms with Gasteiger partial charge in [-0.15, -0.1) is 10.2 Å². The minimum Gasteiger partial charge on any atom is -0.345 e. The fourth-order valence-electron chi connectivity index (χ4n) is 5.15. The quantitative estimate of drug-likeness (QED) is 0.683. The fourth-order valence-corrected chi connectivity index (χ4v) is 6.96. The number of aromatic nitrogens is 5. The number of rotatable bonds is 5. The first kappa shape index (κ1) is 18.1. The molecular weight excluding hydrogens is 376 g/mol. The molecule has 2 fully saturated rings. The van der Waals surface area contributed by atoms with Gasteiger partial charge in [-0.05, 0) is 37.7 Å². The van der Waals surface area contributed by atoms with Crippen LogP contribution < -0.4 is 4.72 Å². The lowest BCUT2D eigenvalue weighted by molar-refractivity contribution is 0.449. The van der Waals surface area contributed by atoms with E-state index >= 15 is 0 Å². The third-order valence-corrected chi connectivity index (χ3v) is 8.60. The third-order valence-electron chi connectivity index (χ3n) is 6.59. The van der Waals surface area contributed by atoms with Gasteiger partial charge in [0.05, 0.1) is 17.0 Å². The van der Waals surface area contributed by atoms with Crippen LogP contribution in [0.1, 0.15) is 63.6 Å². The van der Waals surface area contributed by atoms with Gasteiger partial charge in [0.2, 0.25) is 10.0 Å². The van der Waals surface area contributed by atoms with Crippen LogP contribution in [0.2, 0.25) is 0 Å². The summed E-state index contributed by atoms with van der Waals surface area (Å²) in [5, 5.41) is 8.60. The molecule has 3 atom stereocenters. The molecule has 150 valence electrons. The van der Waals surface area contributed by atoms with E-state index in [0.29, 0.717) is 5.92 Å². The van der Waals surface area contributed by atoms with Crippen LogP contribution in [0.15, 0.2) is 18.5 Å². The molecule has 9 heteroatoms. The van der Waals surface area contributed by atoms with E-state index < -0.39 is 10.0 Å². The monoisotopic (exact) mass is 402 g/mol. The maximum Gasteiger partial charge on any atom is 0.214 e. The van der Waals surface area contributed by atoms with E-state index in [1.807, 2.05) is 12.3 Å². The molecule has 2 saturated carbocycles. The van der Waals surface area contributed by atoms with Gasteiger partial charge in [0.1, 0.15) is 5.82 Å². The lowest BCUT2D eigenvalue weighted by atomic mass is 9.93. The number of nitrogens with zero attached hydrogens (tertiary/aromatic N) is 4. The summed E-state index contributed by atoms with van der Waals surface area (Å²) in [6.45, 7) is 2.17. The molecule has 28 heavy (non-hydrogen) atoms. The van der Waals surface area contributed by atoms with Gasteiger partial charge in [-0.1, -0.05) is 26.2 Å². The Morgan fingerprint density at radius 1 is 1.25 bits per heavy atom. The smallest absolute Gasteiger partial charge is 0.214 e. The lowest BCUT2D eigenvalue weighted by Crippen LogP contribution is -2.39. The summed E-state index contributed by atoms with van der Waals surface area (Å²) in [4.78, 5) is 7.52. The Hall–Kier alpha value is -2.00. The Morgan fingerprint density at radius 2 is 2.07 bits per heavy atom. The Balaban J connectivity index is 1.45. The average molecular weight is 403 g/mol. The molecule has 2 N–H and O–H groups in total. The van der Waals surface area contributed by atoms with Gasteiger partial charge in [0.15, 0.2) is 11.3 Å². The largest absolute Gasteiger partial charge is 0.345 e. The highest BCUT2D eigenvalue weighted by molar-refractivity contribution is 7.90. The Labute approximate surface area is 164 Å². The Morgan fingerprint density at radius 3 is 2.86 bits per heavy atom. The molecule has 0 aromatic carbocycles. The first-order valence-electron chi connectivity index (χ1n) is 10.2. The minimum atomic E-state index is -3.24. The van der Waals surface area contributed by atoms with E-state index in [9.17, 15) is 8.42 Å². The van der Waals surface area contributed by atoms with Crippen LogP contribution in [0.25, 0.3) is 16.8 Å². The number of aromatic amines is 1. The van der Waals surface area contributed by atoms with Crippen molar-refractivity contribution in [2.24, 2.45) is 5.92 Å². The number of hydrogen-bond acceptors (Lipinski definition) is 5. The minimum absolute atomic E-state index is 0.0311. The van der Waals surface area contributed by atoms with E-state index in [-0.39, 0.29) is 17.2 Å².